The van der Waals surface area contributed by atoms with Crippen molar-refractivity contribution >= 4 is 16.7 Å². The molecule has 0 spiro atoms. The highest BCUT2D eigenvalue weighted by Crippen LogP contribution is 2.36. The van der Waals surface area contributed by atoms with Crippen LogP contribution in [0.3, 0.4) is 0 Å². The number of phenols is 1. The third-order valence-corrected chi connectivity index (χ3v) is 2.69. The van der Waals surface area contributed by atoms with Gasteiger partial charge >= 0.3 is 5.97 Å². The molecular weight excluding hydrogens is 232 g/mol. The number of methoxy groups -OCH3 is 1. The lowest BCUT2D eigenvalue weighted by Gasteiger charge is -2.11. The first kappa shape index (κ1) is 12.2. The molecule has 0 saturated heterocycles. The molecule has 0 amide bonds. The summed E-state index contributed by atoms with van der Waals surface area (Å²) in [7, 11) is 1.52. The summed E-state index contributed by atoms with van der Waals surface area (Å²) in [6.45, 7) is 1.97. The van der Waals surface area contributed by atoms with Gasteiger partial charge in [0.2, 0.25) is 0 Å². The Bertz CT molecular complexity index is 590. The Morgan fingerprint density at radius 1 is 1.28 bits per heavy atom. The van der Waals surface area contributed by atoms with E-state index in [2.05, 4.69) is 0 Å². The van der Waals surface area contributed by atoms with Gasteiger partial charge in [0.15, 0.2) is 0 Å². The Kier molecular flexibility index (Phi) is 3.37. The topological polar surface area (TPSA) is 55.8 Å². The molecule has 0 aromatic heterocycles. The van der Waals surface area contributed by atoms with Crippen molar-refractivity contribution in [1.82, 2.24) is 0 Å². The highest BCUT2D eigenvalue weighted by Gasteiger charge is 2.18. The number of carbonyl (C=O) groups excluding carboxylic acids is 1. The van der Waals surface area contributed by atoms with Crippen LogP contribution in [-0.4, -0.2) is 24.8 Å². The van der Waals surface area contributed by atoms with Crippen LogP contribution >= 0.6 is 0 Å². The maximum absolute atomic E-state index is 11.7. The SMILES string of the molecule is CCOC(=O)c1cc(OC)c2ccccc2c1O. The first-order chi connectivity index (χ1) is 8.69. The van der Waals surface area contributed by atoms with E-state index in [9.17, 15) is 9.90 Å². The average molecular weight is 246 g/mol. The first-order valence-electron chi connectivity index (χ1n) is 5.64. The van der Waals surface area contributed by atoms with Crippen molar-refractivity contribution < 1.29 is 19.4 Å². The average Bonchev–Trinajstić information content (AvgIpc) is 2.40. The molecule has 4 heteroatoms. The number of rotatable bonds is 3. The van der Waals surface area contributed by atoms with Gasteiger partial charge in [-0.3, -0.25) is 0 Å². The summed E-state index contributed by atoms with van der Waals surface area (Å²) >= 11 is 0. The number of carbonyl (C=O) groups is 1. The van der Waals surface area contributed by atoms with Crippen molar-refractivity contribution in [3.63, 3.8) is 0 Å². The maximum Gasteiger partial charge on any atom is 0.342 e. The van der Waals surface area contributed by atoms with Gasteiger partial charge in [0.05, 0.1) is 13.7 Å². The summed E-state index contributed by atoms with van der Waals surface area (Å²) in [5.41, 5.74) is 0.118. The van der Waals surface area contributed by atoms with E-state index in [0.717, 1.165) is 5.39 Å². The summed E-state index contributed by atoms with van der Waals surface area (Å²) in [5, 5.41) is 11.4. The molecule has 2 aromatic carbocycles. The zero-order valence-electron chi connectivity index (χ0n) is 10.3. The fraction of sp³-hybridized carbons (Fsp3) is 0.214. The van der Waals surface area contributed by atoms with Crippen molar-refractivity contribution in [2.45, 2.75) is 6.92 Å². The van der Waals surface area contributed by atoms with Gasteiger partial charge in [-0.2, -0.15) is 0 Å². The van der Waals surface area contributed by atoms with Crippen LogP contribution in [0, 0.1) is 0 Å². The van der Waals surface area contributed by atoms with Gasteiger partial charge in [0, 0.05) is 10.8 Å². The van der Waals surface area contributed by atoms with E-state index in [4.69, 9.17) is 9.47 Å². The number of hydrogen-bond acceptors (Lipinski definition) is 4. The van der Waals surface area contributed by atoms with Crippen molar-refractivity contribution in [3.8, 4) is 11.5 Å². The molecule has 0 radical (unpaired) electrons. The van der Waals surface area contributed by atoms with Gasteiger partial charge in [-0.15, -0.1) is 0 Å². The van der Waals surface area contributed by atoms with Crippen molar-refractivity contribution in [2.75, 3.05) is 13.7 Å². The summed E-state index contributed by atoms with van der Waals surface area (Å²) in [6.07, 6.45) is 0. The highest BCUT2D eigenvalue weighted by atomic mass is 16.5. The van der Waals surface area contributed by atoms with E-state index in [1.54, 1.807) is 19.1 Å². The molecule has 0 unspecified atom stereocenters. The molecule has 18 heavy (non-hydrogen) atoms. The molecule has 1 N–H and O–H groups in total. The van der Waals surface area contributed by atoms with Crippen molar-refractivity contribution in [3.05, 3.63) is 35.9 Å². The number of fused-ring (bicyclic) bond motifs is 1. The first-order valence-corrected chi connectivity index (χ1v) is 5.64. The van der Waals surface area contributed by atoms with E-state index < -0.39 is 5.97 Å². The molecule has 2 aromatic rings. The minimum absolute atomic E-state index is 0.0788. The number of phenolic OH excluding ortho intramolecular Hbond substituents is 1. The molecule has 0 heterocycles. The number of aromatic hydroxyl groups is 1. The Labute approximate surface area is 105 Å². The maximum atomic E-state index is 11.7. The lowest BCUT2D eigenvalue weighted by atomic mass is 10.0. The molecule has 0 aliphatic heterocycles. The van der Waals surface area contributed by atoms with Gasteiger partial charge in [0.1, 0.15) is 17.1 Å². The van der Waals surface area contributed by atoms with Crippen LogP contribution in [0.1, 0.15) is 17.3 Å². The molecule has 0 bridgehead atoms. The normalized spacial score (nSPS) is 10.3. The van der Waals surface area contributed by atoms with Crippen LogP contribution in [0.15, 0.2) is 30.3 Å². The number of benzene rings is 2. The van der Waals surface area contributed by atoms with Crippen LogP contribution in [-0.2, 0) is 4.74 Å². The molecular formula is C14H14O4. The molecule has 2 rings (SSSR count). The fourth-order valence-corrected chi connectivity index (χ4v) is 1.86. The minimum Gasteiger partial charge on any atom is -0.506 e. The standard InChI is InChI=1S/C14H14O4/c1-3-18-14(16)11-8-12(17-2)9-6-4-5-7-10(9)13(11)15/h4-8,15H,3H2,1-2H3. The number of hydrogen-bond donors (Lipinski definition) is 1. The highest BCUT2D eigenvalue weighted by molar-refractivity contribution is 6.03. The predicted octanol–water partition coefficient (Wildman–Crippen LogP) is 2.73. The lowest BCUT2D eigenvalue weighted by Crippen LogP contribution is -2.05. The molecule has 0 aliphatic carbocycles. The summed E-state index contributed by atoms with van der Waals surface area (Å²) < 4.78 is 10.1. The second kappa shape index (κ2) is 4.96. The smallest absolute Gasteiger partial charge is 0.342 e. The molecule has 0 saturated carbocycles. The Hall–Kier alpha value is -2.23. The second-order valence-electron chi connectivity index (χ2n) is 3.74. The predicted molar refractivity (Wildman–Crippen MR) is 68.1 cm³/mol. The summed E-state index contributed by atoms with van der Waals surface area (Å²) in [5.74, 6) is -0.102. The Morgan fingerprint density at radius 3 is 2.56 bits per heavy atom. The lowest BCUT2D eigenvalue weighted by molar-refractivity contribution is 0.0523. The zero-order valence-corrected chi connectivity index (χ0v) is 10.3. The minimum atomic E-state index is -0.556. The molecule has 0 aliphatic rings. The molecule has 4 nitrogen and oxygen atoms in total. The van der Waals surface area contributed by atoms with E-state index in [0.29, 0.717) is 11.1 Å². The number of esters is 1. The van der Waals surface area contributed by atoms with Gasteiger partial charge in [-0.25, -0.2) is 4.79 Å². The van der Waals surface area contributed by atoms with Crippen LogP contribution < -0.4 is 4.74 Å². The fourth-order valence-electron chi connectivity index (χ4n) is 1.86. The van der Waals surface area contributed by atoms with Crippen LogP contribution in [0.2, 0.25) is 0 Å². The zero-order chi connectivity index (χ0) is 13.1. The summed E-state index contributed by atoms with van der Waals surface area (Å²) in [6, 6.07) is 8.68. The third kappa shape index (κ3) is 1.97. The van der Waals surface area contributed by atoms with Crippen molar-refractivity contribution in [2.24, 2.45) is 0 Å². The van der Waals surface area contributed by atoms with Crippen LogP contribution in [0.4, 0.5) is 0 Å². The van der Waals surface area contributed by atoms with Crippen LogP contribution in [0.25, 0.3) is 10.8 Å². The van der Waals surface area contributed by atoms with Crippen LogP contribution in [0.5, 0.6) is 11.5 Å². The van der Waals surface area contributed by atoms with E-state index >= 15 is 0 Å². The Balaban J connectivity index is 2.69. The molecule has 0 fully saturated rings. The molecule has 0 atom stereocenters. The van der Waals surface area contributed by atoms with Gasteiger partial charge in [-0.05, 0) is 13.0 Å². The van der Waals surface area contributed by atoms with Gasteiger partial charge in [0.25, 0.3) is 0 Å². The van der Waals surface area contributed by atoms with E-state index in [1.165, 1.54) is 13.2 Å². The van der Waals surface area contributed by atoms with Gasteiger partial charge < -0.3 is 14.6 Å². The summed E-state index contributed by atoms with van der Waals surface area (Å²) in [4.78, 5) is 11.7. The largest absolute Gasteiger partial charge is 0.506 e. The van der Waals surface area contributed by atoms with E-state index in [1.807, 2.05) is 12.1 Å². The van der Waals surface area contributed by atoms with Gasteiger partial charge in [-0.1, -0.05) is 24.3 Å². The van der Waals surface area contributed by atoms with Crippen molar-refractivity contribution in [1.29, 1.82) is 0 Å². The monoisotopic (exact) mass is 246 g/mol. The third-order valence-electron chi connectivity index (χ3n) is 2.69. The molecule has 94 valence electrons. The number of ether oxygens (including phenoxy) is 2. The quantitative estimate of drug-likeness (QED) is 0.846. The Morgan fingerprint density at radius 2 is 1.94 bits per heavy atom. The second-order valence-corrected chi connectivity index (χ2v) is 3.74. The van der Waals surface area contributed by atoms with E-state index in [-0.39, 0.29) is 17.9 Å².